The number of H-pyrrole nitrogens is 1. The Morgan fingerprint density at radius 3 is 2.90 bits per heavy atom. The molecule has 0 bridgehead atoms. The van der Waals surface area contributed by atoms with Gasteiger partial charge in [-0.3, -0.25) is 14.4 Å². The van der Waals surface area contributed by atoms with Crippen LogP contribution in [0.2, 0.25) is 0 Å². The molecule has 0 saturated heterocycles. The highest BCUT2D eigenvalue weighted by Crippen LogP contribution is 2.28. The minimum absolute atomic E-state index is 0.158. The van der Waals surface area contributed by atoms with Crippen LogP contribution in [0.1, 0.15) is 28.8 Å². The molecule has 3 heterocycles. The van der Waals surface area contributed by atoms with Crippen LogP contribution in [0, 0.1) is 13.8 Å². The van der Waals surface area contributed by atoms with Crippen LogP contribution in [-0.4, -0.2) is 40.2 Å². The summed E-state index contributed by atoms with van der Waals surface area (Å²) in [5, 5.41) is 0.136. The molecule has 0 radical (unpaired) electrons. The van der Waals surface area contributed by atoms with Gasteiger partial charge in [0, 0.05) is 17.1 Å². The molecule has 1 aliphatic rings. The minimum atomic E-state index is -0.494. The molecule has 31 heavy (non-hydrogen) atoms. The van der Waals surface area contributed by atoms with E-state index in [0.29, 0.717) is 28.3 Å². The van der Waals surface area contributed by atoms with Crippen molar-refractivity contribution in [3.8, 4) is 0 Å². The van der Waals surface area contributed by atoms with Gasteiger partial charge in [0.15, 0.2) is 6.61 Å². The highest BCUT2D eigenvalue weighted by atomic mass is 32.2. The number of esters is 1. The van der Waals surface area contributed by atoms with Crippen LogP contribution in [0.5, 0.6) is 0 Å². The average Bonchev–Trinajstić information content (AvgIpc) is 3.31. The van der Waals surface area contributed by atoms with E-state index in [4.69, 9.17) is 4.74 Å². The van der Waals surface area contributed by atoms with E-state index < -0.39 is 11.2 Å². The molecular weight excluding hydrogens is 434 g/mol. The van der Waals surface area contributed by atoms with Crippen molar-refractivity contribution in [1.82, 2.24) is 9.97 Å². The molecule has 1 amide bonds. The van der Waals surface area contributed by atoms with E-state index in [1.54, 1.807) is 11.8 Å². The molecule has 0 spiro atoms. The van der Waals surface area contributed by atoms with Crippen LogP contribution < -0.4 is 10.5 Å². The number of nitrogens with zero attached hydrogens (tertiary/aromatic N) is 2. The first-order chi connectivity index (χ1) is 14.8. The first-order valence-electron chi connectivity index (χ1n) is 10.0. The summed E-state index contributed by atoms with van der Waals surface area (Å²) >= 11 is 2.80. The molecule has 0 unspecified atom stereocenters. The Morgan fingerprint density at radius 2 is 2.10 bits per heavy atom. The molecule has 2 aromatic heterocycles. The molecule has 0 fully saturated rings. The van der Waals surface area contributed by atoms with Crippen LogP contribution in [0.3, 0.4) is 0 Å². The zero-order chi connectivity index (χ0) is 22.1. The van der Waals surface area contributed by atoms with Crippen molar-refractivity contribution in [2.75, 3.05) is 18.1 Å². The van der Waals surface area contributed by atoms with Gasteiger partial charge in [-0.25, -0.2) is 4.98 Å². The number of benzene rings is 1. The minimum Gasteiger partial charge on any atom is -0.455 e. The maximum atomic E-state index is 12.5. The first-order valence-corrected chi connectivity index (χ1v) is 11.9. The normalized spacial score (nSPS) is 14.0. The number of fused-ring (bicyclic) bond motifs is 2. The number of para-hydroxylation sites is 1. The van der Waals surface area contributed by atoms with Gasteiger partial charge in [-0.2, -0.15) is 0 Å². The Kier molecular flexibility index (Phi) is 6.15. The van der Waals surface area contributed by atoms with E-state index in [9.17, 15) is 14.4 Å². The fraction of sp³-hybridized carbons (Fsp3) is 0.364. The number of carbonyl (C=O) groups excluding carboxylic acids is 2. The second kappa shape index (κ2) is 8.84. The molecule has 1 aromatic carbocycles. The summed E-state index contributed by atoms with van der Waals surface area (Å²) in [4.78, 5) is 48.0. The van der Waals surface area contributed by atoms with Crippen LogP contribution in [0.4, 0.5) is 5.69 Å². The van der Waals surface area contributed by atoms with Gasteiger partial charge in [0.1, 0.15) is 15.9 Å². The number of aromatic nitrogens is 2. The second-order valence-electron chi connectivity index (χ2n) is 7.46. The summed E-state index contributed by atoms with van der Waals surface area (Å²) in [6.07, 6.45) is 0.806. The molecular formula is C22H23N3O4S2. The third kappa shape index (κ3) is 4.38. The van der Waals surface area contributed by atoms with Crippen molar-refractivity contribution in [3.05, 3.63) is 56.4 Å². The average molecular weight is 458 g/mol. The fourth-order valence-electron chi connectivity index (χ4n) is 3.57. The number of aryl methyl sites for hydroxylation is 2. The van der Waals surface area contributed by atoms with Crippen molar-refractivity contribution in [2.24, 2.45) is 0 Å². The van der Waals surface area contributed by atoms with Gasteiger partial charge in [0.2, 0.25) is 0 Å². The third-order valence-corrected chi connectivity index (χ3v) is 7.65. The molecule has 9 heteroatoms. The van der Waals surface area contributed by atoms with Gasteiger partial charge in [-0.15, -0.1) is 23.1 Å². The smallest absolute Gasteiger partial charge is 0.319 e. The summed E-state index contributed by atoms with van der Waals surface area (Å²) < 4.78 is 5.25. The van der Waals surface area contributed by atoms with Gasteiger partial charge in [0.25, 0.3) is 11.5 Å². The summed E-state index contributed by atoms with van der Waals surface area (Å²) in [6.45, 7) is 5.92. The third-order valence-electron chi connectivity index (χ3n) is 5.42. The van der Waals surface area contributed by atoms with Crippen LogP contribution >= 0.6 is 23.1 Å². The lowest BCUT2D eigenvalue weighted by Crippen LogP contribution is -2.34. The SMILES string of the molecule is Cc1sc2nc(CS[C@H](C)C(=O)OCC(=O)N3CCc4ccccc43)[nH]c(=O)c2c1C. The van der Waals surface area contributed by atoms with Crippen molar-refractivity contribution in [1.29, 1.82) is 0 Å². The van der Waals surface area contributed by atoms with Crippen molar-refractivity contribution < 1.29 is 14.3 Å². The zero-order valence-electron chi connectivity index (χ0n) is 17.6. The highest BCUT2D eigenvalue weighted by Gasteiger charge is 2.26. The molecule has 7 nitrogen and oxygen atoms in total. The Balaban J connectivity index is 1.32. The fourth-order valence-corrected chi connectivity index (χ4v) is 5.36. The first kappa shape index (κ1) is 21.6. The number of rotatable bonds is 6. The molecule has 3 aromatic rings. The van der Waals surface area contributed by atoms with Crippen LogP contribution in [0.25, 0.3) is 10.2 Å². The number of amides is 1. The van der Waals surface area contributed by atoms with Gasteiger partial charge >= 0.3 is 5.97 Å². The number of hydrogen-bond donors (Lipinski definition) is 1. The Labute approximate surface area is 187 Å². The van der Waals surface area contributed by atoms with Gasteiger partial charge in [-0.1, -0.05) is 18.2 Å². The molecule has 0 aliphatic carbocycles. The quantitative estimate of drug-likeness (QED) is 0.571. The molecule has 1 N–H and O–H groups in total. The Morgan fingerprint density at radius 1 is 1.32 bits per heavy atom. The molecule has 1 atom stereocenters. The number of ether oxygens (including phenoxy) is 1. The molecule has 0 saturated carbocycles. The number of thiophene rings is 1. The maximum absolute atomic E-state index is 12.5. The maximum Gasteiger partial charge on any atom is 0.319 e. The number of carbonyl (C=O) groups is 2. The van der Waals surface area contributed by atoms with Gasteiger partial charge in [0.05, 0.1) is 11.1 Å². The number of thioether (sulfide) groups is 1. The lowest BCUT2D eigenvalue weighted by atomic mass is 10.2. The van der Waals surface area contributed by atoms with Gasteiger partial charge in [-0.05, 0) is 44.4 Å². The predicted octanol–water partition coefficient (Wildman–Crippen LogP) is 3.36. The summed E-state index contributed by atoms with van der Waals surface area (Å²) in [6, 6.07) is 7.75. The number of hydrogen-bond acceptors (Lipinski definition) is 7. The molecule has 162 valence electrons. The van der Waals surface area contributed by atoms with Gasteiger partial charge < -0.3 is 14.6 Å². The number of anilines is 1. The van der Waals surface area contributed by atoms with Crippen molar-refractivity contribution in [3.63, 3.8) is 0 Å². The van der Waals surface area contributed by atoms with E-state index >= 15 is 0 Å². The summed E-state index contributed by atoms with van der Waals surface area (Å²) in [5.41, 5.74) is 2.81. The lowest BCUT2D eigenvalue weighted by molar-refractivity contribution is -0.146. The highest BCUT2D eigenvalue weighted by molar-refractivity contribution is 7.99. The monoisotopic (exact) mass is 457 g/mol. The van der Waals surface area contributed by atoms with Crippen molar-refractivity contribution >= 4 is 50.9 Å². The second-order valence-corrected chi connectivity index (χ2v) is 9.99. The van der Waals surface area contributed by atoms with E-state index in [-0.39, 0.29) is 18.1 Å². The van der Waals surface area contributed by atoms with E-state index in [1.807, 2.05) is 38.1 Å². The predicted molar refractivity (Wildman–Crippen MR) is 124 cm³/mol. The summed E-state index contributed by atoms with van der Waals surface area (Å²) in [5.74, 6) is 0.200. The van der Waals surface area contributed by atoms with Crippen LogP contribution in [0.15, 0.2) is 29.1 Å². The zero-order valence-corrected chi connectivity index (χ0v) is 19.2. The largest absolute Gasteiger partial charge is 0.455 e. The molecule has 4 rings (SSSR count). The van der Waals surface area contributed by atoms with E-state index in [1.165, 1.54) is 23.1 Å². The van der Waals surface area contributed by atoms with E-state index in [2.05, 4.69) is 9.97 Å². The lowest BCUT2D eigenvalue weighted by Gasteiger charge is -2.18. The molecule has 1 aliphatic heterocycles. The Hall–Kier alpha value is -2.65. The van der Waals surface area contributed by atoms with Crippen LogP contribution in [-0.2, 0) is 26.5 Å². The summed E-state index contributed by atoms with van der Waals surface area (Å²) in [7, 11) is 0. The van der Waals surface area contributed by atoms with E-state index in [0.717, 1.165) is 28.1 Å². The topological polar surface area (TPSA) is 92.4 Å². The standard InChI is InChI=1S/C22H23N3O4S2/c1-12-13(2)31-21-19(12)20(27)23-17(24-21)11-30-14(3)22(28)29-10-18(26)25-9-8-15-6-4-5-7-16(15)25/h4-7,14H,8-11H2,1-3H3,(H,23,24,27)/t14-/m1/s1. The number of nitrogens with one attached hydrogen (secondary N) is 1. The van der Waals surface area contributed by atoms with Crippen molar-refractivity contribution in [2.45, 2.75) is 38.2 Å². The Bertz CT molecular complexity index is 1220. The number of aromatic amines is 1.